The first kappa shape index (κ1) is 8.02. The van der Waals surface area contributed by atoms with Crippen LogP contribution < -0.4 is 5.32 Å². The van der Waals surface area contributed by atoms with Gasteiger partial charge in [-0.05, 0) is 33.0 Å². The Labute approximate surface area is 63.6 Å². The number of likely N-dealkylation sites (N-methyl/N-ethyl adjacent to an activating group) is 1. The van der Waals surface area contributed by atoms with Gasteiger partial charge in [-0.2, -0.15) is 0 Å². The van der Waals surface area contributed by atoms with Crippen LogP contribution in [0.5, 0.6) is 0 Å². The third-order valence-electron chi connectivity index (χ3n) is 2.03. The van der Waals surface area contributed by atoms with Gasteiger partial charge in [-0.3, -0.25) is 0 Å². The van der Waals surface area contributed by atoms with Crippen LogP contribution in [0.4, 0.5) is 0 Å². The highest BCUT2D eigenvalue weighted by Crippen LogP contribution is 2.05. The molecule has 0 amide bonds. The molecule has 1 aliphatic heterocycles. The molecule has 0 bridgehead atoms. The van der Waals surface area contributed by atoms with Crippen molar-refractivity contribution in [2.75, 3.05) is 26.2 Å². The highest BCUT2D eigenvalue weighted by molar-refractivity contribution is 4.73. The lowest BCUT2D eigenvalue weighted by Gasteiger charge is -2.33. The van der Waals surface area contributed by atoms with Crippen molar-refractivity contribution in [2.24, 2.45) is 0 Å². The topological polar surface area (TPSA) is 15.3 Å². The lowest BCUT2D eigenvalue weighted by molar-refractivity contribution is 0.165. The second kappa shape index (κ2) is 3.94. The molecule has 0 aromatic carbocycles. The fourth-order valence-electron chi connectivity index (χ4n) is 1.36. The zero-order valence-corrected chi connectivity index (χ0v) is 7.06. The highest BCUT2D eigenvalue weighted by Gasteiger charge is 2.15. The summed E-state index contributed by atoms with van der Waals surface area (Å²) >= 11 is 0. The molecule has 2 heteroatoms. The predicted molar refractivity (Wildman–Crippen MR) is 44.2 cm³/mol. The molecule has 2 nitrogen and oxygen atoms in total. The van der Waals surface area contributed by atoms with Crippen molar-refractivity contribution in [1.29, 1.82) is 0 Å². The van der Waals surface area contributed by atoms with E-state index in [1.165, 1.54) is 26.1 Å². The summed E-state index contributed by atoms with van der Waals surface area (Å²) in [5, 5.41) is 3.40. The maximum atomic E-state index is 3.40. The maximum absolute atomic E-state index is 3.40. The quantitative estimate of drug-likeness (QED) is 0.621. The van der Waals surface area contributed by atoms with Crippen LogP contribution in [0.25, 0.3) is 0 Å². The minimum absolute atomic E-state index is 0.672. The van der Waals surface area contributed by atoms with E-state index in [1.54, 1.807) is 0 Å². The van der Waals surface area contributed by atoms with E-state index in [4.69, 9.17) is 0 Å². The predicted octanol–water partition coefficient (Wildman–Crippen LogP) is 0.690. The number of likely N-dealkylation sites (tertiary alicyclic amines) is 1. The molecule has 1 rings (SSSR count). The van der Waals surface area contributed by atoms with Crippen molar-refractivity contribution >= 4 is 0 Å². The number of hydrogen-bond donors (Lipinski definition) is 1. The molecule has 0 aromatic rings. The summed E-state index contributed by atoms with van der Waals surface area (Å²) in [6.07, 6.45) is 1.40. The normalized spacial score (nSPS) is 22.2. The molecule has 1 saturated heterocycles. The first-order chi connectivity index (χ1) is 4.83. The fraction of sp³-hybridized carbons (Fsp3) is 1.00. The van der Waals surface area contributed by atoms with Crippen LogP contribution in [0.15, 0.2) is 0 Å². The minimum atomic E-state index is 0.672. The monoisotopic (exact) mass is 142 g/mol. The number of rotatable bonds is 4. The molecule has 1 N–H and O–H groups in total. The third kappa shape index (κ3) is 2.27. The van der Waals surface area contributed by atoms with Gasteiger partial charge in [0.05, 0.1) is 0 Å². The second-order valence-corrected chi connectivity index (χ2v) is 3.11. The summed E-state index contributed by atoms with van der Waals surface area (Å²) in [7, 11) is 0. The molecule has 1 heterocycles. The molecule has 1 aliphatic rings. The summed E-state index contributed by atoms with van der Waals surface area (Å²) in [6.45, 7) is 9.36. The fourth-order valence-corrected chi connectivity index (χ4v) is 1.36. The van der Waals surface area contributed by atoms with Gasteiger partial charge in [0.1, 0.15) is 0 Å². The zero-order chi connectivity index (χ0) is 7.40. The molecule has 0 saturated carbocycles. The standard InChI is InChI=1S/C8H18N2/c1-3-9-8(2)7-10-5-4-6-10/h8-9H,3-7H2,1-2H3. The summed E-state index contributed by atoms with van der Waals surface area (Å²) < 4.78 is 0. The molecule has 1 fully saturated rings. The molecule has 1 atom stereocenters. The van der Waals surface area contributed by atoms with Crippen LogP contribution in [-0.4, -0.2) is 37.1 Å². The molecule has 10 heavy (non-hydrogen) atoms. The number of nitrogens with zero attached hydrogens (tertiary/aromatic N) is 1. The molecular weight excluding hydrogens is 124 g/mol. The summed E-state index contributed by atoms with van der Waals surface area (Å²) in [6, 6.07) is 0.672. The van der Waals surface area contributed by atoms with Gasteiger partial charge in [-0.25, -0.2) is 0 Å². The Morgan fingerprint density at radius 1 is 1.50 bits per heavy atom. The van der Waals surface area contributed by atoms with Gasteiger partial charge >= 0.3 is 0 Å². The van der Waals surface area contributed by atoms with E-state index in [0.29, 0.717) is 6.04 Å². The maximum Gasteiger partial charge on any atom is 0.0166 e. The van der Waals surface area contributed by atoms with Gasteiger partial charge in [0, 0.05) is 12.6 Å². The van der Waals surface area contributed by atoms with E-state index in [9.17, 15) is 0 Å². The first-order valence-electron chi connectivity index (χ1n) is 4.28. The summed E-state index contributed by atoms with van der Waals surface area (Å²) in [5.41, 5.74) is 0. The van der Waals surface area contributed by atoms with Gasteiger partial charge in [-0.1, -0.05) is 6.92 Å². The number of nitrogens with one attached hydrogen (secondary N) is 1. The highest BCUT2D eigenvalue weighted by atomic mass is 15.2. The molecule has 60 valence electrons. The Morgan fingerprint density at radius 3 is 2.60 bits per heavy atom. The van der Waals surface area contributed by atoms with Gasteiger partial charge in [0.2, 0.25) is 0 Å². The zero-order valence-electron chi connectivity index (χ0n) is 7.06. The molecule has 0 spiro atoms. The molecule has 0 radical (unpaired) electrons. The van der Waals surface area contributed by atoms with Crippen LogP contribution in [0.2, 0.25) is 0 Å². The molecule has 0 aliphatic carbocycles. The van der Waals surface area contributed by atoms with Crippen LogP contribution in [-0.2, 0) is 0 Å². The Morgan fingerprint density at radius 2 is 2.20 bits per heavy atom. The van der Waals surface area contributed by atoms with E-state index in [-0.39, 0.29) is 0 Å². The van der Waals surface area contributed by atoms with Crippen molar-refractivity contribution in [2.45, 2.75) is 26.3 Å². The lowest BCUT2D eigenvalue weighted by Crippen LogP contribution is -2.45. The Kier molecular flexibility index (Phi) is 3.16. The van der Waals surface area contributed by atoms with E-state index in [2.05, 4.69) is 24.1 Å². The van der Waals surface area contributed by atoms with Crippen molar-refractivity contribution in [3.63, 3.8) is 0 Å². The average molecular weight is 142 g/mol. The first-order valence-corrected chi connectivity index (χ1v) is 4.28. The smallest absolute Gasteiger partial charge is 0.0166 e. The van der Waals surface area contributed by atoms with Gasteiger partial charge in [0.25, 0.3) is 0 Å². The summed E-state index contributed by atoms with van der Waals surface area (Å²) in [5.74, 6) is 0. The largest absolute Gasteiger partial charge is 0.313 e. The SMILES string of the molecule is CCNC(C)CN1CCC1. The third-order valence-corrected chi connectivity index (χ3v) is 2.03. The number of hydrogen-bond acceptors (Lipinski definition) is 2. The Hall–Kier alpha value is -0.0800. The van der Waals surface area contributed by atoms with Crippen molar-refractivity contribution in [1.82, 2.24) is 10.2 Å². The lowest BCUT2D eigenvalue weighted by atomic mass is 10.2. The molecular formula is C8H18N2. The van der Waals surface area contributed by atoms with E-state index in [1.807, 2.05) is 0 Å². The summed E-state index contributed by atoms with van der Waals surface area (Å²) in [4.78, 5) is 2.49. The van der Waals surface area contributed by atoms with Crippen LogP contribution in [0.1, 0.15) is 20.3 Å². The van der Waals surface area contributed by atoms with E-state index in [0.717, 1.165) is 6.54 Å². The van der Waals surface area contributed by atoms with Crippen molar-refractivity contribution < 1.29 is 0 Å². The average Bonchev–Trinajstić information content (AvgIpc) is 1.80. The molecule has 0 aromatic heterocycles. The Bertz CT molecular complexity index is 89.3. The van der Waals surface area contributed by atoms with Crippen molar-refractivity contribution in [3.8, 4) is 0 Å². The van der Waals surface area contributed by atoms with Crippen LogP contribution >= 0.6 is 0 Å². The van der Waals surface area contributed by atoms with Crippen LogP contribution in [0, 0.1) is 0 Å². The van der Waals surface area contributed by atoms with E-state index < -0.39 is 0 Å². The van der Waals surface area contributed by atoms with Gasteiger partial charge < -0.3 is 10.2 Å². The molecule has 1 unspecified atom stereocenters. The van der Waals surface area contributed by atoms with Gasteiger partial charge in [0.15, 0.2) is 0 Å². The van der Waals surface area contributed by atoms with Gasteiger partial charge in [-0.15, -0.1) is 0 Å². The van der Waals surface area contributed by atoms with Crippen LogP contribution in [0.3, 0.4) is 0 Å². The van der Waals surface area contributed by atoms with E-state index >= 15 is 0 Å². The van der Waals surface area contributed by atoms with Crippen molar-refractivity contribution in [3.05, 3.63) is 0 Å². The second-order valence-electron chi connectivity index (χ2n) is 3.11. The minimum Gasteiger partial charge on any atom is -0.313 e. The Balaban J connectivity index is 1.99.